The molecule has 0 radical (unpaired) electrons. The molecule has 7 nitrogen and oxygen atoms in total. The van der Waals surface area contributed by atoms with Crippen molar-refractivity contribution >= 4 is 34.8 Å². The molecule has 2 heterocycles. The summed E-state index contributed by atoms with van der Waals surface area (Å²) in [5, 5.41) is 12.7. The van der Waals surface area contributed by atoms with Crippen molar-refractivity contribution in [2.24, 2.45) is 17.6 Å². The second-order valence-electron chi connectivity index (χ2n) is 8.46. The number of amides is 1. The fourth-order valence-corrected chi connectivity index (χ4v) is 5.43. The number of benzene rings is 1. The first kappa shape index (κ1) is 23.5. The normalized spacial score (nSPS) is 19.2. The van der Waals surface area contributed by atoms with E-state index in [4.69, 9.17) is 17.3 Å². The summed E-state index contributed by atoms with van der Waals surface area (Å²) in [5.74, 6) is 0.0445. The molecular formula is C24H27ClN4O3S. The Labute approximate surface area is 201 Å². The fourth-order valence-electron chi connectivity index (χ4n) is 4.29. The molecule has 9 heteroatoms. The number of hydrogen-bond donors (Lipinski definition) is 4. The van der Waals surface area contributed by atoms with Crippen molar-refractivity contribution in [2.45, 2.75) is 38.1 Å². The highest BCUT2D eigenvalue weighted by Crippen LogP contribution is 2.34. The number of imidazole rings is 1. The lowest BCUT2D eigenvalue weighted by Gasteiger charge is -2.28. The van der Waals surface area contributed by atoms with Gasteiger partial charge >= 0.3 is 5.97 Å². The van der Waals surface area contributed by atoms with Gasteiger partial charge in [0.15, 0.2) is 0 Å². The molecule has 4 rings (SSSR count). The van der Waals surface area contributed by atoms with Gasteiger partial charge in [-0.1, -0.05) is 41.9 Å². The Morgan fingerprint density at radius 1 is 1.18 bits per heavy atom. The first-order valence-corrected chi connectivity index (χ1v) is 12.3. The number of carbonyl (C=O) groups excluding carboxylic acids is 1. The molecule has 0 aliphatic heterocycles. The molecule has 0 spiro atoms. The Kier molecular flexibility index (Phi) is 7.47. The number of hydrogen-bond acceptors (Lipinski definition) is 5. The van der Waals surface area contributed by atoms with Crippen LogP contribution in [0, 0.1) is 11.8 Å². The summed E-state index contributed by atoms with van der Waals surface area (Å²) in [5.41, 5.74) is 7.34. The Balaban J connectivity index is 1.57. The minimum absolute atomic E-state index is 0.0183. The molecule has 1 atom stereocenters. The lowest BCUT2D eigenvalue weighted by atomic mass is 9.81. The van der Waals surface area contributed by atoms with Crippen LogP contribution in [0.25, 0.3) is 10.6 Å². The molecule has 1 saturated carbocycles. The van der Waals surface area contributed by atoms with Crippen LogP contribution in [0.15, 0.2) is 42.5 Å². The van der Waals surface area contributed by atoms with Crippen molar-refractivity contribution < 1.29 is 14.7 Å². The Bertz CT molecular complexity index is 1110. The molecular weight excluding hydrogens is 460 g/mol. The molecule has 33 heavy (non-hydrogen) atoms. The van der Waals surface area contributed by atoms with Gasteiger partial charge in [-0.25, -0.2) is 9.78 Å². The third-order valence-corrected chi connectivity index (χ3v) is 7.56. The largest absolute Gasteiger partial charge is 0.477 e. The van der Waals surface area contributed by atoms with Gasteiger partial charge in [-0.2, -0.15) is 0 Å². The van der Waals surface area contributed by atoms with Crippen molar-refractivity contribution in [3.8, 4) is 10.6 Å². The van der Waals surface area contributed by atoms with Crippen molar-refractivity contribution in [1.29, 1.82) is 0 Å². The number of aromatic amines is 1. The van der Waals surface area contributed by atoms with Crippen LogP contribution in [0.4, 0.5) is 0 Å². The predicted molar refractivity (Wildman–Crippen MR) is 129 cm³/mol. The number of carbonyl (C=O) groups is 2. The summed E-state index contributed by atoms with van der Waals surface area (Å²) in [7, 11) is 0. The lowest BCUT2D eigenvalue weighted by Crippen LogP contribution is -2.37. The average Bonchev–Trinajstić information content (AvgIpc) is 3.46. The molecule has 1 aliphatic rings. The zero-order valence-corrected chi connectivity index (χ0v) is 19.7. The molecule has 2 aromatic heterocycles. The van der Waals surface area contributed by atoms with Crippen LogP contribution in [-0.4, -0.2) is 33.5 Å². The van der Waals surface area contributed by atoms with E-state index in [1.165, 1.54) is 6.07 Å². The Morgan fingerprint density at radius 3 is 2.55 bits per heavy atom. The molecule has 0 bridgehead atoms. The maximum Gasteiger partial charge on any atom is 0.345 e. The van der Waals surface area contributed by atoms with Crippen molar-refractivity contribution in [3.05, 3.63) is 63.9 Å². The van der Waals surface area contributed by atoms with E-state index in [-0.39, 0.29) is 16.7 Å². The number of thiophene rings is 1. The molecule has 1 aromatic carbocycles. The first-order valence-electron chi connectivity index (χ1n) is 11.1. The zero-order valence-electron chi connectivity index (χ0n) is 18.1. The summed E-state index contributed by atoms with van der Waals surface area (Å²) >= 11 is 7.56. The van der Waals surface area contributed by atoms with Crippen molar-refractivity contribution in [1.82, 2.24) is 15.3 Å². The number of carboxylic acid groups (broad SMARTS) is 1. The maximum absolute atomic E-state index is 13.1. The first-order chi connectivity index (χ1) is 15.9. The highest BCUT2D eigenvalue weighted by molar-refractivity contribution is 7.17. The van der Waals surface area contributed by atoms with E-state index >= 15 is 0 Å². The van der Waals surface area contributed by atoms with Gasteiger partial charge in [-0.3, -0.25) is 4.79 Å². The minimum atomic E-state index is -0.989. The number of rotatable bonds is 8. The average molecular weight is 487 g/mol. The van der Waals surface area contributed by atoms with Crippen LogP contribution >= 0.6 is 22.9 Å². The third-order valence-electron chi connectivity index (χ3n) is 6.21. The second-order valence-corrected chi connectivity index (χ2v) is 9.92. The van der Waals surface area contributed by atoms with Crippen LogP contribution in [-0.2, 0) is 11.2 Å². The van der Waals surface area contributed by atoms with Gasteiger partial charge in [0.1, 0.15) is 21.5 Å². The van der Waals surface area contributed by atoms with Crippen LogP contribution in [0.1, 0.15) is 52.8 Å². The van der Waals surface area contributed by atoms with Crippen LogP contribution in [0.3, 0.4) is 0 Å². The minimum Gasteiger partial charge on any atom is -0.477 e. The summed E-state index contributed by atoms with van der Waals surface area (Å²) in [6, 6.07) is 12.7. The van der Waals surface area contributed by atoms with Crippen molar-refractivity contribution in [3.63, 3.8) is 0 Å². The molecule has 0 saturated heterocycles. The summed E-state index contributed by atoms with van der Waals surface area (Å²) in [6.07, 6.45) is 4.17. The number of nitrogens with zero attached hydrogens (tertiary/aromatic N) is 1. The van der Waals surface area contributed by atoms with E-state index in [1.54, 1.807) is 6.07 Å². The smallest absolute Gasteiger partial charge is 0.345 e. The molecule has 5 N–H and O–H groups in total. The Morgan fingerprint density at radius 2 is 1.91 bits per heavy atom. The SMILES string of the molecule is NCC1CCC(C(=O)NC(Cc2ccccc2)c2nc(-c3ccc(C(=O)O)s3)c(Cl)[nH]2)CC1. The molecule has 3 aromatic rings. The standard InChI is InChI=1S/C24H27ClN4O3S/c25-21-20(18-10-11-19(33-18)24(31)32)28-22(29-21)17(12-14-4-2-1-3-5-14)27-23(30)16-8-6-15(13-26)7-9-16/h1-5,10-11,15-17H,6-9,12-13,26H2,(H,27,30)(H,28,29)(H,31,32). The van der Waals surface area contributed by atoms with Crippen LogP contribution in [0.2, 0.25) is 5.15 Å². The number of aromatic carboxylic acids is 1. The van der Waals surface area contributed by atoms with E-state index in [9.17, 15) is 14.7 Å². The van der Waals surface area contributed by atoms with E-state index in [1.807, 2.05) is 30.3 Å². The molecule has 1 aliphatic carbocycles. The highest BCUT2D eigenvalue weighted by atomic mass is 35.5. The Hall–Kier alpha value is -2.68. The van der Waals surface area contributed by atoms with Crippen LogP contribution < -0.4 is 11.1 Å². The quantitative estimate of drug-likeness (QED) is 0.369. The van der Waals surface area contributed by atoms with Crippen molar-refractivity contribution in [2.75, 3.05) is 6.54 Å². The fraction of sp³-hybridized carbons (Fsp3) is 0.375. The number of H-pyrrole nitrogens is 1. The monoisotopic (exact) mass is 486 g/mol. The second kappa shape index (κ2) is 10.5. The van der Waals surface area contributed by atoms with Crippen LogP contribution in [0.5, 0.6) is 0 Å². The van der Waals surface area contributed by atoms with Gasteiger partial charge in [0.2, 0.25) is 5.91 Å². The highest BCUT2D eigenvalue weighted by Gasteiger charge is 2.29. The zero-order chi connectivity index (χ0) is 23.4. The lowest BCUT2D eigenvalue weighted by molar-refractivity contribution is -0.127. The molecule has 1 fully saturated rings. The number of nitrogens with two attached hydrogens (primary N) is 1. The topological polar surface area (TPSA) is 121 Å². The summed E-state index contributed by atoms with van der Waals surface area (Å²) in [4.78, 5) is 33.0. The van der Waals surface area contributed by atoms with E-state index in [2.05, 4.69) is 15.3 Å². The maximum atomic E-state index is 13.1. The van der Waals surface area contributed by atoms with Gasteiger partial charge < -0.3 is 21.1 Å². The molecule has 174 valence electrons. The number of carboxylic acids is 1. The van der Waals surface area contributed by atoms with Gasteiger partial charge in [0.05, 0.1) is 10.9 Å². The number of halogens is 1. The van der Waals surface area contributed by atoms with Gasteiger partial charge in [-0.15, -0.1) is 11.3 Å². The summed E-state index contributed by atoms with van der Waals surface area (Å²) < 4.78 is 0. The predicted octanol–water partition coefficient (Wildman–Crippen LogP) is 4.65. The summed E-state index contributed by atoms with van der Waals surface area (Å²) in [6.45, 7) is 0.672. The van der Waals surface area contributed by atoms with Gasteiger partial charge in [0.25, 0.3) is 0 Å². The third kappa shape index (κ3) is 5.63. The van der Waals surface area contributed by atoms with E-state index < -0.39 is 12.0 Å². The number of nitrogens with one attached hydrogen (secondary N) is 2. The van der Waals surface area contributed by atoms with E-state index in [0.717, 1.165) is 42.6 Å². The van der Waals surface area contributed by atoms with E-state index in [0.29, 0.717) is 40.4 Å². The molecule has 1 amide bonds. The van der Waals surface area contributed by atoms with Gasteiger partial charge in [-0.05, 0) is 62.3 Å². The number of aromatic nitrogens is 2. The van der Waals surface area contributed by atoms with Gasteiger partial charge in [0, 0.05) is 5.92 Å². The molecule has 1 unspecified atom stereocenters.